The standard InChI is InChI=1S/C22H22F3N3O3/c1-14(2)10-19(29)28-20(15-6-4-3-5-7-15)21(30)27-17-8-9-18(16(11-17)12-26)31-13-22(23,24)25/h3-9,11,14,20H,10,13H2,1-2H3,(H,27,30)(H,28,29). The molecule has 0 heterocycles. The third kappa shape index (κ3) is 7.66. The number of amides is 2. The number of nitrogens with one attached hydrogen (secondary N) is 2. The van der Waals surface area contributed by atoms with Crippen molar-refractivity contribution < 1.29 is 27.5 Å². The number of hydrogen-bond donors (Lipinski definition) is 2. The lowest BCUT2D eigenvalue weighted by molar-refractivity contribution is -0.153. The maximum absolute atomic E-state index is 12.9. The Morgan fingerprint density at radius 1 is 1.13 bits per heavy atom. The zero-order chi connectivity index (χ0) is 23.0. The molecule has 2 amide bonds. The number of anilines is 1. The lowest BCUT2D eigenvalue weighted by atomic mass is 10.0. The van der Waals surface area contributed by atoms with Gasteiger partial charge in [-0.1, -0.05) is 44.2 Å². The summed E-state index contributed by atoms with van der Waals surface area (Å²) in [5.41, 5.74) is 0.574. The molecule has 6 nitrogen and oxygen atoms in total. The molecule has 164 valence electrons. The SMILES string of the molecule is CC(C)CC(=O)NC(C(=O)Nc1ccc(OCC(F)(F)F)c(C#N)c1)c1ccccc1. The van der Waals surface area contributed by atoms with Crippen molar-refractivity contribution in [3.8, 4) is 11.8 Å². The third-order valence-corrected chi connectivity index (χ3v) is 4.05. The summed E-state index contributed by atoms with van der Waals surface area (Å²) < 4.78 is 41.7. The van der Waals surface area contributed by atoms with Gasteiger partial charge in [0, 0.05) is 12.1 Å². The summed E-state index contributed by atoms with van der Waals surface area (Å²) in [5.74, 6) is -1.01. The van der Waals surface area contributed by atoms with Crippen molar-refractivity contribution in [1.82, 2.24) is 5.32 Å². The molecule has 2 aromatic rings. The average Bonchev–Trinajstić information content (AvgIpc) is 2.70. The summed E-state index contributed by atoms with van der Waals surface area (Å²) in [6.45, 7) is 2.22. The van der Waals surface area contributed by atoms with Gasteiger partial charge < -0.3 is 15.4 Å². The molecular weight excluding hydrogens is 411 g/mol. The Kier molecular flexibility index (Phi) is 8.02. The first-order valence-corrected chi connectivity index (χ1v) is 9.48. The normalized spacial score (nSPS) is 12.0. The number of carbonyl (C=O) groups is 2. The Morgan fingerprint density at radius 2 is 1.81 bits per heavy atom. The predicted molar refractivity (Wildman–Crippen MR) is 108 cm³/mol. The first kappa shape index (κ1) is 23.7. The minimum Gasteiger partial charge on any atom is -0.483 e. The second kappa shape index (κ2) is 10.5. The smallest absolute Gasteiger partial charge is 0.422 e. The molecule has 0 saturated heterocycles. The fraction of sp³-hybridized carbons (Fsp3) is 0.318. The average molecular weight is 433 g/mol. The highest BCUT2D eigenvalue weighted by Gasteiger charge is 2.29. The van der Waals surface area contributed by atoms with Gasteiger partial charge in [0.2, 0.25) is 5.91 Å². The van der Waals surface area contributed by atoms with E-state index in [0.29, 0.717) is 5.56 Å². The highest BCUT2D eigenvalue weighted by atomic mass is 19.4. The van der Waals surface area contributed by atoms with Crippen LogP contribution in [0.3, 0.4) is 0 Å². The molecule has 0 radical (unpaired) electrons. The molecule has 0 fully saturated rings. The van der Waals surface area contributed by atoms with Crippen LogP contribution >= 0.6 is 0 Å². The van der Waals surface area contributed by atoms with Crippen LogP contribution in [0.2, 0.25) is 0 Å². The van der Waals surface area contributed by atoms with Crippen LogP contribution in [0.5, 0.6) is 5.75 Å². The minimum atomic E-state index is -4.54. The van der Waals surface area contributed by atoms with Crippen LogP contribution in [0.15, 0.2) is 48.5 Å². The number of nitriles is 1. The van der Waals surface area contributed by atoms with Gasteiger partial charge >= 0.3 is 6.18 Å². The molecule has 0 aliphatic rings. The van der Waals surface area contributed by atoms with E-state index in [9.17, 15) is 28.0 Å². The molecule has 0 bridgehead atoms. The van der Waals surface area contributed by atoms with E-state index in [-0.39, 0.29) is 35.2 Å². The van der Waals surface area contributed by atoms with E-state index in [1.54, 1.807) is 36.4 Å². The number of rotatable bonds is 8. The monoisotopic (exact) mass is 433 g/mol. The van der Waals surface area contributed by atoms with Crippen LogP contribution in [-0.2, 0) is 9.59 Å². The van der Waals surface area contributed by atoms with E-state index in [1.807, 2.05) is 13.8 Å². The Morgan fingerprint density at radius 3 is 2.39 bits per heavy atom. The second-order valence-corrected chi connectivity index (χ2v) is 7.23. The van der Waals surface area contributed by atoms with E-state index >= 15 is 0 Å². The van der Waals surface area contributed by atoms with Crippen LogP contribution in [0, 0.1) is 17.2 Å². The van der Waals surface area contributed by atoms with Crippen molar-refractivity contribution in [3.63, 3.8) is 0 Å². The Labute approximate surface area is 178 Å². The molecule has 0 aliphatic carbocycles. The van der Waals surface area contributed by atoms with Crippen LogP contribution in [0.4, 0.5) is 18.9 Å². The second-order valence-electron chi connectivity index (χ2n) is 7.23. The Hall–Kier alpha value is -3.54. The van der Waals surface area contributed by atoms with Gasteiger partial charge in [-0.3, -0.25) is 9.59 Å². The number of alkyl halides is 3. The molecule has 9 heteroatoms. The highest BCUT2D eigenvalue weighted by Crippen LogP contribution is 2.26. The summed E-state index contributed by atoms with van der Waals surface area (Å²) in [6.07, 6.45) is -4.31. The zero-order valence-corrected chi connectivity index (χ0v) is 17.0. The maximum Gasteiger partial charge on any atom is 0.422 e. The molecule has 0 saturated carbocycles. The van der Waals surface area contributed by atoms with Crippen molar-refractivity contribution in [1.29, 1.82) is 5.26 Å². The predicted octanol–water partition coefficient (Wildman–Crippen LogP) is 4.34. The van der Waals surface area contributed by atoms with Crippen LogP contribution in [0.25, 0.3) is 0 Å². The van der Waals surface area contributed by atoms with E-state index in [4.69, 9.17) is 0 Å². The Bertz CT molecular complexity index is 954. The van der Waals surface area contributed by atoms with Gasteiger partial charge in [-0.05, 0) is 29.7 Å². The molecule has 31 heavy (non-hydrogen) atoms. The summed E-state index contributed by atoms with van der Waals surface area (Å²) in [7, 11) is 0. The van der Waals surface area contributed by atoms with Gasteiger partial charge in [0.1, 0.15) is 17.9 Å². The largest absolute Gasteiger partial charge is 0.483 e. The quantitative estimate of drug-likeness (QED) is 0.648. The number of benzene rings is 2. The van der Waals surface area contributed by atoms with Gasteiger partial charge in [-0.2, -0.15) is 18.4 Å². The molecule has 2 N–H and O–H groups in total. The lowest BCUT2D eigenvalue weighted by Gasteiger charge is -2.20. The molecule has 0 spiro atoms. The number of halogens is 3. The van der Waals surface area contributed by atoms with Crippen molar-refractivity contribution in [2.24, 2.45) is 5.92 Å². The van der Waals surface area contributed by atoms with Crippen LogP contribution < -0.4 is 15.4 Å². The van der Waals surface area contributed by atoms with Crippen LogP contribution in [-0.4, -0.2) is 24.6 Å². The van der Waals surface area contributed by atoms with E-state index < -0.39 is 24.7 Å². The number of ether oxygens (including phenoxy) is 1. The minimum absolute atomic E-state index is 0.0990. The first-order chi connectivity index (χ1) is 14.6. The fourth-order valence-corrected chi connectivity index (χ4v) is 2.73. The summed E-state index contributed by atoms with van der Waals surface area (Å²) in [5, 5.41) is 14.5. The maximum atomic E-state index is 12.9. The van der Waals surface area contributed by atoms with Crippen molar-refractivity contribution in [2.75, 3.05) is 11.9 Å². The van der Waals surface area contributed by atoms with Gasteiger partial charge in [-0.25, -0.2) is 0 Å². The first-order valence-electron chi connectivity index (χ1n) is 9.48. The summed E-state index contributed by atoms with van der Waals surface area (Å²) in [4.78, 5) is 25.1. The molecule has 1 unspecified atom stereocenters. The molecule has 2 rings (SSSR count). The highest BCUT2D eigenvalue weighted by molar-refractivity contribution is 5.98. The Balaban J connectivity index is 2.20. The van der Waals surface area contributed by atoms with Crippen molar-refractivity contribution >= 4 is 17.5 Å². The molecule has 0 aromatic heterocycles. The van der Waals surface area contributed by atoms with Crippen molar-refractivity contribution in [2.45, 2.75) is 32.5 Å². The molecule has 1 atom stereocenters. The van der Waals surface area contributed by atoms with Gasteiger partial charge in [0.15, 0.2) is 6.61 Å². The summed E-state index contributed by atoms with van der Waals surface area (Å²) >= 11 is 0. The zero-order valence-electron chi connectivity index (χ0n) is 17.0. The summed E-state index contributed by atoms with van der Waals surface area (Å²) in [6, 6.07) is 13.1. The molecule has 0 aliphatic heterocycles. The lowest BCUT2D eigenvalue weighted by Crippen LogP contribution is -2.37. The van der Waals surface area contributed by atoms with Gasteiger partial charge in [-0.15, -0.1) is 0 Å². The van der Waals surface area contributed by atoms with Crippen molar-refractivity contribution in [3.05, 3.63) is 59.7 Å². The number of nitrogens with zero attached hydrogens (tertiary/aromatic N) is 1. The van der Waals surface area contributed by atoms with E-state index in [1.165, 1.54) is 18.2 Å². The van der Waals surface area contributed by atoms with Gasteiger partial charge in [0.25, 0.3) is 5.91 Å². The van der Waals surface area contributed by atoms with E-state index in [2.05, 4.69) is 15.4 Å². The van der Waals surface area contributed by atoms with E-state index in [0.717, 1.165) is 0 Å². The number of hydrogen-bond acceptors (Lipinski definition) is 4. The molecular formula is C22H22F3N3O3. The topological polar surface area (TPSA) is 91.2 Å². The van der Waals surface area contributed by atoms with Gasteiger partial charge in [0.05, 0.1) is 5.56 Å². The van der Waals surface area contributed by atoms with Crippen LogP contribution in [0.1, 0.15) is 37.4 Å². The molecule has 2 aromatic carbocycles. The third-order valence-electron chi connectivity index (χ3n) is 4.05. The fourth-order valence-electron chi connectivity index (χ4n) is 2.73. The number of carbonyl (C=O) groups excluding carboxylic acids is 2.